The van der Waals surface area contributed by atoms with E-state index in [0.29, 0.717) is 6.04 Å². The van der Waals surface area contributed by atoms with E-state index in [0.717, 1.165) is 42.3 Å². The molecule has 1 N–H and O–H groups in total. The van der Waals surface area contributed by atoms with Gasteiger partial charge in [-0.25, -0.2) is 9.97 Å². The zero-order chi connectivity index (χ0) is 20.6. The van der Waals surface area contributed by atoms with Gasteiger partial charge in [0, 0.05) is 69.3 Å². The third-order valence-corrected chi connectivity index (χ3v) is 5.45. The first-order chi connectivity index (χ1) is 13.2. The molecule has 0 spiro atoms. The highest BCUT2D eigenvalue weighted by Gasteiger charge is 2.28. The summed E-state index contributed by atoms with van der Waals surface area (Å²) >= 11 is 0. The fraction of sp³-hybridized carbons (Fsp3) is 0.600. The van der Waals surface area contributed by atoms with Gasteiger partial charge in [-0.2, -0.15) is 5.10 Å². The Bertz CT molecular complexity index is 874. The Hall–Kier alpha value is -2.48. The molecule has 1 fully saturated rings. The molecule has 3 rings (SSSR count). The molecule has 1 amide bonds. The third-order valence-electron chi connectivity index (χ3n) is 5.45. The summed E-state index contributed by atoms with van der Waals surface area (Å²) in [5, 5.41) is 8.17. The number of nitrogens with zero attached hydrogens (tertiary/aromatic N) is 6. The maximum absolute atomic E-state index is 12.3. The van der Waals surface area contributed by atoms with E-state index in [4.69, 9.17) is 0 Å². The molecule has 28 heavy (non-hydrogen) atoms. The van der Waals surface area contributed by atoms with Crippen LogP contribution in [0.5, 0.6) is 0 Å². The molecule has 0 saturated carbocycles. The van der Waals surface area contributed by atoms with Crippen molar-refractivity contribution in [1.82, 2.24) is 30.0 Å². The second-order valence-electron chi connectivity index (χ2n) is 7.94. The highest BCUT2D eigenvalue weighted by molar-refractivity contribution is 5.90. The molecule has 3 heterocycles. The average molecular weight is 386 g/mol. The zero-order valence-electron chi connectivity index (χ0n) is 17.9. The lowest BCUT2D eigenvalue weighted by Gasteiger charge is -2.23. The molecular formula is C20H31N7O. The van der Waals surface area contributed by atoms with Crippen LogP contribution in [-0.2, 0) is 7.05 Å². The largest absolute Gasteiger partial charge is 0.355 e. The van der Waals surface area contributed by atoms with E-state index < -0.39 is 0 Å². The molecule has 1 saturated heterocycles. The number of carbonyl (C=O) groups is 1. The van der Waals surface area contributed by atoms with E-state index in [2.05, 4.69) is 38.4 Å². The third kappa shape index (κ3) is 4.01. The summed E-state index contributed by atoms with van der Waals surface area (Å²) in [5.41, 5.74) is 4.18. The van der Waals surface area contributed by atoms with Crippen LogP contribution in [-0.4, -0.2) is 63.8 Å². The predicted molar refractivity (Wildman–Crippen MR) is 110 cm³/mol. The Morgan fingerprint density at radius 2 is 1.96 bits per heavy atom. The molecule has 2 atom stereocenters. The van der Waals surface area contributed by atoms with Crippen molar-refractivity contribution in [3.05, 3.63) is 34.5 Å². The van der Waals surface area contributed by atoms with Crippen molar-refractivity contribution in [3.8, 4) is 0 Å². The molecule has 0 radical (unpaired) electrons. The van der Waals surface area contributed by atoms with Gasteiger partial charge in [0.15, 0.2) is 0 Å². The SMILES string of the molecule is Cc1nn(C)cc1C(C)N[C@@H]1CCN(c2nc(C(=O)N(C)C)nc(C)c2C)C1. The van der Waals surface area contributed by atoms with Crippen molar-refractivity contribution in [2.45, 2.75) is 46.2 Å². The average Bonchev–Trinajstić information content (AvgIpc) is 3.22. The summed E-state index contributed by atoms with van der Waals surface area (Å²) in [6, 6.07) is 0.593. The maximum Gasteiger partial charge on any atom is 0.291 e. The number of hydrogen-bond acceptors (Lipinski definition) is 6. The minimum atomic E-state index is -0.168. The van der Waals surface area contributed by atoms with E-state index in [1.165, 1.54) is 10.5 Å². The van der Waals surface area contributed by atoms with Crippen molar-refractivity contribution >= 4 is 11.7 Å². The highest BCUT2D eigenvalue weighted by atomic mass is 16.2. The second-order valence-corrected chi connectivity index (χ2v) is 7.94. The first kappa shape index (κ1) is 20.3. The van der Waals surface area contributed by atoms with E-state index >= 15 is 0 Å². The van der Waals surface area contributed by atoms with Gasteiger partial charge in [-0.15, -0.1) is 0 Å². The number of hydrogen-bond donors (Lipinski definition) is 1. The number of aromatic nitrogens is 4. The van der Waals surface area contributed by atoms with Gasteiger partial charge in [0.05, 0.1) is 5.69 Å². The zero-order valence-corrected chi connectivity index (χ0v) is 17.9. The number of rotatable bonds is 5. The van der Waals surface area contributed by atoms with Crippen LogP contribution in [0.4, 0.5) is 5.82 Å². The van der Waals surface area contributed by atoms with Crippen molar-refractivity contribution in [3.63, 3.8) is 0 Å². The van der Waals surface area contributed by atoms with Gasteiger partial charge in [0.25, 0.3) is 5.91 Å². The molecule has 1 aliphatic rings. The van der Waals surface area contributed by atoms with Crippen LogP contribution in [0.2, 0.25) is 0 Å². The van der Waals surface area contributed by atoms with Gasteiger partial charge in [0.2, 0.25) is 5.82 Å². The molecule has 2 aromatic rings. The highest BCUT2D eigenvalue weighted by Crippen LogP contribution is 2.26. The summed E-state index contributed by atoms with van der Waals surface area (Å²) in [6.07, 6.45) is 3.11. The van der Waals surface area contributed by atoms with Crippen LogP contribution in [0.3, 0.4) is 0 Å². The minimum Gasteiger partial charge on any atom is -0.355 e. The first-order valence-corrected chi connectivity index (χ1v) is 9.75. The monoisotopic (exact) mass is 385 g/mol. The summed E-state index contributed by atoms with van der Waals surface area (Å²) in [6.45, 7) is 9.95. The fourth-order valence-corrected chi connectivity index (χ4v) is 3.79. The van der Waals surface area contributed by atoms with Crippen LogP contribution in [0.1, 0.15) is 52.5 Å². The lowest BCUT2D eigenvalue weighted by molar-refractivity contribution is 0.0815. The first-order valence-electron chi connectivity index (χ1n) is 9.75. The van der Waals surface area contributed by atoms with Crippen molar-refractivity contribution in [2.75, 3.05) is 32.1 Å². The smallest absolute Gasteiger partial charge is 0.291 e. The van der Waals surface area contributed by atoms with Gasteiger partial charge in [-0.3, -0.25) is 9.48 Å². The number of aryl methyl sites for hydroxylation is 3. The number of nitrogens with one attached hydrogen (secondary N) is 1. The van der Waals surface area contributed by atoms with Crippen LogP contribution in [0.25, 0.3) is 0 Å². The second kappa shape index (κ2) is 7.87. The van der Waals surface area contributed by atoms with Crippen molar-refractivity contribution < 1.29 is 4.79 Å². The fourth-order valence-electron chi connectivity index (χ4n) is 3.79. The molecule has 8 nitrogen and oxygen atoms in total. The predicted octanol–water partition coefficient (Wildman–Crippen LogP) is 1.77. The van der Waals surface area contributed by atoms with E-state index in [1.807, 2.05) is 32.5 Å². The Morgan fingerprint density at radius 1 is 1.25 bits per heavy atom. The number of amides is 1. The molecule has 2 aromatic heterocycles. The molecule has 152 valence electrons. The topological polar surface area (TPSA) is 79.2 Å². The van der Waals surface area contributed by atoms with Gasteiger partial charge in [0.1, 0.15) is 5.82 Å². The summed E-state index contributed by atoms with van der Waals surface area (Å²) < 4.78 is 1.86. The standard InChI is InChI=1S/C20H31N7O/c1-12-13(2)22-18(20(28)25(5)6)23-19(12)27-9-8-16(10-27)21-14(3)17-11-26(7)24-15(17)4/h11,14,16,21H,8-10H2,1-7H3/t14?,16-/m1/s1. The van der Waals surface area contributed by atoms with Crippen molar-refractivity contribution in [1.29, 1.82) is 0 Å². The number of anilines is 1. The Labute approximate surface area is 167 Å². The molecule has 1 unspecified atom stereocenters. The Balaban J connectivity index is 1.74. The quantitative estimate of drug-likeness (QED) is 0.845. The lowest BCUT2D eigenvalue weighted by Crippen LogP contribution is -2.35. The summed E-state index contributed by atoms with van der Waals surface area (Å²) in [7, 11) is 5.39. The normalized spacial score (nSPS) is 17.8. The Kier molecular flexibility index (Phi) is 5.69. The number of carbonyl (C=O) groups excluding carboxylic acids is 1. The lowest BCUT2D eigenvalue weighted by atomic mass is 10.1. The van der Waals surface area contributed by atoms with E-state index in [1.54, 1.807) is 14.1 Å². The summed E-state index contributed by atoms with van der Waals surface area (Å²) in [4.78, 5) is 25.1. The van der Waals surface area contributed by atoms with Gasteiger partial charge < -0.3 is 15.1 Å². The van der Waals surface area contributed by atoms with Gasteiger partial charge in [-0.1, -0.05) is 0 Å². The van der Waals surface area contributed by atoms with Gasteiger partial charge >= 0.3 is 0 Å². The molecule has 1 aliphatic heterocycles. The van der Waals surface area contributed by atoms with Crippen LogP contribution < -0.4 is 10.2 Å². The van der Waals surface area contributed by atoms with E-state index in [-0.39, 0.29) is 17.8 Å². The van der Waals surface area contributed by atoms with Crippen LogP contribution in [0, 0.1) is 20.8 Å². The molecular weight excluding hydrogens is 354 g/mol. The molecule has 0 aromatic carbocycles. The van der Waals surface area contributed by atoms with Crippen molar-refractivity contribution in [2.24, 2.45) is 7.05 Å². The maximum atomic E-state index is 12.3. The van der Waals surface area contributed by atoms with E-state index in [9.17, 15) is 4.79 Å². The minimum absolute atomic E-state index is 0.168. The molecule has 0 aliphatic carbocycles. The molecule has 0 bridgehead atoms. The van der Waals surface area contributed by atoms with Crippen LogP contribution >= 0.6 is 0 Å². The van der Waals surface area contributed by atoms with Gasteiger partial charge in [-0.05, 0) is 34.1 Å². The van der Waals surface area contributed by atoms with Crippen LogP contribution in [0.15, 0.2) is 6.20 Å². The Morgan fingerprint density at radius 3 is 2.57 bits per heavy atom. The molecule has 8 heteroatoms. The summed E-state index contributed by atoms with van der Waals surface area (Å²) in [5.74, 6) is 0.963.